The van der Waals surface area contributed by atoms with E-state index in [1.54, 1.807) is 11.3 Å². The zero-order valence-corrected chi connectivity index (χ0v) is 14.9. The highest BCUT2D eigenvalue weighted by Gasteiger charge is 2.25. The van der Waals surface area contributed by atoms with Gasteiger partial charge in [-0.15, -0.1) is 11.3 Å². The lowest BCUT2D eigenvalue weighted by Gasteiger charge is -2.36. The molecule has 0 saturated carbocycles. The Morgan fingerprint density at radius 3 is 2.70 bits per heavy atom. The van der Waals surface area contributed by atoms with Crippen LogP contribution in [0.2, 0.25) is 0 Å². The van der Waals surface area contributed by atoms with Crippen molar-refractivity contribution in [1.82, 2.24) is 15.5 Å². The van der Waals surface area contributed by atoms with E-state index in [9.17, 15) is 4.79 Å². The van der Waals surface area contributed by atoms with Gasteiger partial charge in [0, 0.05) is 24.6 Å². The summed E-state index contributed by atoms with van der Waals surface area (Å²) in [5, 5.41) is 16.9. The van der Waals surface area contributed by atoms with Crippen LogP contribution >= 0.6 is 11.3 Å². The second kappa shape index (κ2) is 9.25. The first-order valence-corrected chi connectivity index (χ1v) is 9.38. The lowest BCUT2D eigenvalue weighted by atomic mass is 9.97. The van der Waals surface area contributed by atoms with E-state index < -0.39 is 0 Å². The number of carbonyl (C=O) groups is 1. The standard InChI is InChI=1S/C17H29N3O2S/c1-13-5-7-20(8-6-13)15(16-4-3-9-23-16)11-19-17(22)18-10-14(2)12-21/h3-4,9,13-15,21H,5-8,10-12H2,1-2H3,(H2,18,19,22). The minimum absolute atomic E-state index is 0.0809. The van der Waals surface area contributed by atoms with Crippen molar-refractivity contribution in [2.75, 3.05) is 32.8 Å². The Morgan fingerprint density at radius 1 is 1.39 bits per heavy atom. The Bertz CT molecular complexity index is 458. The van der Waals surface area contributed by atoms with E-state index >= 15 is 0 Å². The van der Waals surface area contributed by atoms with Gasteiger partial charge in [0.1, 0.15) is 0 Å². The van der Waals surface area contributed by atoms with Crippen molar-refractivity contribution in [2.45, 2.75) is 32.7 Å². The molecule has 0 radical (unpaired) electrons. The third kappa shape index (κ3) is 5.79. The van der Waals surface area contributed by atoms with Crippen molar-refractivity contribution in [3.8, 4) is 0 Å². The smallest absolute Gasteiger partial charge is 0.314 e. The monoisotopic (exact) mass is 339 g/mol. The Morgan fingerprint density at radius 2 is 2.09 bits per heavy atom. The van der Waals surface area contributed by atoms with E-state index in [-0.39, 0.29) is 24.6 Å². The molecule has 0 bridgehead atoms. The highest BCUT2D eigenvalue weighted by molar-refractivity contribution is 7.10. The molecule has 1 fully saturated rings. The number of rotatable bonds is 7. The number of likely N-dealkylation sites (tertiary alicyclic amines) is 1. The maximum atomic E-state index is 12.0. The number of aliphatic hydroxyl groups is 1. The number of nitrogens with zero attached hydrogens (tertiary/aromatic N) is 1. The van der Waals surface area contributed by atoms with Crippen molar-refractivity contribution < 1.29 is 9.90 Å². The highest BCUT2D eigenvalue weighted by atomic mass is 32.1. The summed E-state index contributed by atoms with van der Waals surface area (Å²) in [5.74, 6) is 0.879. The summed E-state index contributed by atoms with van der Waals surface area (Å²) in [5.41, 5.74) is 0. The van der Waals surface area contributed by atoms with Gasteiger partial charge >= 0.3 is 6.03 Å². The van der Waals surface area contributed by atoms with Gasteiger partial charge in [-0.25, -0.2) is 4.79 Å². The Balaban J connectivity index is 1.87. The van der Waals surface area contributed by atoms with Gasteiger partial charge in [-0.1, -0.05) is 19.9 Å². The first kappa shape index (κ1) is 18.2. The van der Waals surface area contributed by atoms with Crippen LogP contribution in [0, 0.1) is 11.8 Å². The Kier molecular flexibility index (Phi) is 7.33. The number of nitrogens with one attached hydrogen (secondary N) is 2. The molecule has 1 aromatic rings. The Hall–Kier alpha value is -1.11. The molecule has 1 aliphatic rings. The molecule has 2 heterocycles. The number of amides is 2. The molecule has 1 aliphatic heterocycles. The number of aliphatic hydroxyl groups excluding tert-OH is 1. The van der Waals surface area contributed by atoms with Crippen molar-refractivity contribution in [3.63, 3.8) is 0 Å². The molecule has 5 nitrogen and oxygen atoms in total. The Labute approximate surface area is 143 Å². The number of piperidine rings is 1. The molecule has 0 aliphatic carbocycles. The fraction of sp³-hybridized carbons (Fsp3) is 0.706. The highest BCUT2D eigenvalue weighted by Crippen LogP contribution is 2.28. The molecular formula is C17H29N3O2S. The van der Waals surface area contributed by atoms with E-state index in [0.29, 0.717) is 13.1 Å². The minimum atomic E-state index is -0.155. The van der Waals surface area contributed by atoms with Gasteiger partial charge < -0.3 is 15.7 Å². The molecule has 130 valence electrons. The number of thiophene rings is 1. The van der Waals surface area contributed by atoms with Crippen LogP contribution < -0.4 is 10.6 Å². The molecule has 2 rings (SSSR count). The molecule has 1 aromatic heterocycles. The van der Waals surface area contributed by atoms with Crippen LogP contribution in [0.4, 0.5) is 4.79 Å². The summed E-state index contributed by atoms with van der Waals surface area (Å²) in [6.07, 6.45) is 2.45. The topological polar surface area (TPSA) is 64.6 Å². The molecular weight excluding hydrogens is 310 g/mol. The summed E-state index contributed by atoms with van der Waals surface area (Å²) in [6, 6.07) is 4.32. The average molecular weight is 340 g/mol. The van der Waals surface area contributed by atoms with Crippen LogP contribution in [0.3, 0.4) is 0 Å². The number of urea groups is 1. The van der Waals surface area contributed by atoms with E-state index in [1.807, 2.05) is 6.92 Å². The minimum Gasteiger partial charge on any atom is -0.396 e. The third-order valence-corrected chi connectivity index (χ3v) is 5.48. The maximum absolute atomic E-state index is 12.0. The molecule has 3 N–H and O–H groups in total. The fourth-order valence-corrected chi connectivity index (χ4v) is 3.67. The van der Waals surface area contributed by atoms with Crippen LogP contribution in [0.25, 0.3) is 0 Å². The first-order valence-electron chi connectivity index (χ1n) is 8.50. The van der Waals surface area contributed by atoms with Crippen LogP contribution in [0.15, 0.2) is 17.5 Å². The second-order valence-corrected chi connectivity index (χ2v) is 7.61. The van der Waals surface area contributed by atoms with Crippen LogP contribution in [0.1, 0.15) is 37.6 Å². The molecule has 2 amide bonds. The second-order valence-electron chi connectivity index (χ2n) is 6.63. The quantitative estimate of drug-likeness (QED) is 0.715. The lowest BCUT2D eigenvalue weighted by Crippen LogP contribution is -2.45. The summed E-state index contributed by atoms with van der Waals surface area (Å²) in [7, 11) is 0. The van der Waals surface area contributed by atoms with Crippen LogP contribution in [-0.4, -0.2) is 48.8 Å². The number of carbonyl (C=O) groups excluding carboxylic acids is 1. The average Bonchev–Trinajstić information content (AvgIpc) is 3.08. The van der Waals surface area contributed by atoms with Crippen LogP contribution in [-0.2, 0) is 0 Å². The number of hydrogen-bond donors (Lipinski definition) is 3. The van der Waals surface area contributed by atoms with Gasteiger partial charge in [0.25, 0.3) is 0 Å². The van der Waals surface area contributed by atoms with E-state index in [1.165, 1.54) is 17.7 Å². The molecule has 6 heteroatoms. The predicted octanol–water partition coefficient (Wildman–Crippen LogP) is 2.45. The zero-order valence-electron chi connectivity index (χ0n) is 14.1. The van der Waals surface area contributed by atoms with Gasteiger partial charge in [0.15, 0.2) is 0 Å². The SMILES string of the molecule is CC1CCN(C(CNC(=O)NCC(C)CO)c2cccs2)CC1. The van der Waals surface area contributed by atoms with Gasteiger partial charge in [-0.05, 0) is 49.2 Å². The molecule has 23 heavy (non-hydrogen) atoms. The van der Waals surface area contributed by atoms with Crippen LogP contribution in [0.5, 0.6) is 0 Å². The fourth-order valence-electron chi connectivity index (χ4n) is 2.81. The molecule has 0 aromatic carbocycles. The van der Waals surface area contributed by atoms with Gasteiger partial charge in [-0.3, -0.25) is 4.90 Å². The largest absolute Gasteiger partial charge is 0.396 e. The zero-order chi connectivity index (χ0) is 16.7. The van der Waals surface area contributed by atoms with Gasteiger partial charge in [0.2, 0.25) is 0 Å². The van der Waals surface area contributed by atoms with Crippen molar-refractivity contribution in [3.05, 3.63) is 22.4 Å². The molecule has 2 atom stereocenters. The third-order valence-electron chi connectivity index (χ3n) is 4.51. The maximum Gasteiger partial charge on any atom is 0.314 e. The van der Waals surface area contributed by atoms with Gasteiger partial charge in [0.05, 0.1) is 6.04 Å². The summed E-state index contributed by atoms with van der Waals surface area (Å²) < 4.78 is 0. The van der Waals surface area contributed by atoms with E-state index in [2.05, 4.69) is 40.0 Å². The van der Waals surface area contributed by atoms with Crippen molar-refractivity contribution in [1.29, 1.82) is 0 Å². The summed E-state index contributed by atoms with van der Waals surface area (Å²) in [6.45, 7) is 7.60. The first-order chi connectivity index (χ1) is 11.1. The van der Waals surface area contributed by atoms with E-state index in [4.69, 9.17) is 5.11 Å². The van der Waals surface area contributed by atoms with Crippen molar-refractivity contribution >= 4 is 17.4 Å². The number of hydrogen-bond acceptors (Lipinski definition) is 4. The predicted molar refractivity (Wildman–Crippen MR) is 94.7 cm³/mol. The summed E-state index contributed by atoms with van der Waals surface area (Å²) >= 11 is 1.75. The molecule has 0 spiro atoms. The normalized spacial score (nSPS) is 19.3. The van der Waals surface area contributed by atoms with Gasteiger partial charge in [-0.2, -0.15) is 0 Å². The summed E-state index contributed by atoms with van der Waals surface area (Å²) in [4.78, 5) is 15.8. The van der Waals surface area contributed by atoms with E-state index in [0.717, 1.165) is 19.0 Å². The molecule has 2 unspecified atom stereocenters. The van der Waals surface area contributed by atoms with Crippen molar-refractivity contribution in [2.24, 2.45) is 11.8 Å². The lowest BCUT2D eigenvalue weighted by molar-refractivity contribution is 0.138. The molecule has 1 saturated heterocycles.